The van der Waals surface area contributed by atoms with Crippen LogP contribution in [-0.4, -0.2) is 183 Å². The van der Waals surface area contributed by atoms with E-state index in [-0.39, 0.29) is 84.8 Å². The maximum atomic E-state index is 14.3. The summed E-state index contributed by atoms with van der Waals surface area (Å²) in [7, 11) is -10.8. The first kappa shape index (κ1) is 71.2. The van der Waals surface area contributed by atoms with Gasteiger partial charge in [-0.3, -0.25) is 69.5 Å². The number of H-pyrrole nitrogens is 2. The lowest BCUT2D eigenvalue weighted by Crippen LogP contribution is -2.30. The maximum Gasteiger partial charge on any atom is 0.475 e. The third kappa shape index (κ3) is 18.3. The van der Waals surface area contributed by atoms with Crippen LogP contribution in [0.2, 0.25) is 0 Å². The van der Waals surface area contributed by atoms with Crippen LogP contribution in [0.25, 0.3) is 22.3 Å². The van der Waals surface area contributed by atoms with Crippen LogP contribution in [0.15, 0.2) is 56.4 Å². The summed E-state index contributed by atoms with van der Waals surface area (Å²) >= 11 is 0. The lowest BCUT2D eigenvalue weighted by atomic mass is 10.2. The Morgan fingerprint density at radius 1 is 0.532 bits per heavy atom. The van der Waals surface area contributed by atoms with Gasteiger partial charge in [-0.25, -0.2) is 33.3 Å². The number of phosphoric ester groups is 3. The Morgan fingerprint density at radius 2 is 0.968 bits per heavy atom. The van der Waals surface area contributed by atoms with Gasteiger partial charge < -0.3 is 67.0 Å². The van der Waals surface area contributed by atoms with E-state index in [1.165, 1.54) is 46.3 Å². The van der Waals surface area contributed by atoms with Gasteiger partial charge in [-0.2, -0.15) is 19.9 Å². The van der Waals surface area contributed by atoms with Crippen LogP contribution in [0.3, 0.4) is 0 Å². The van der Waals surface area contributed by atoms with Crippen LogP contribution < -0.4 is 45.4 Å². The Balaban J connectivity index is 0.619. The molecule has 39 nitrogen and oxygen atoms in total. The van der Waals surface area contributed by atoms with Crippen LogP contribution in [0.4, 0.5) is 23.5 Å². The molecule has 6 aromatic heterocycles. The minimum atomic E-state index is -5.05. The van der Waals surface area contributed by atoms with E-state index in [0.717, 1.165) is 46.3 Å². The largest absolute Gasteiger partial charge is 0.475 e. The fraction of sp³-hybridized carbons (Fsp3) is 0.640. The zero-order valence-corrected chi connectivity index (χ0v) is 54.4. The summed E-state index contributed by atoms with van der Waals surface area (Å²) in [5.74, 6) is 1.29. The first-order valence-corrected chi connectivity index (χ1v) is 36.7. The highest BCUT2D eigenvalue weighted by atomic mass is 33.1. The van der Waals surface area contributed by atoms with Crippen molar-refractivity contribution in [3.8, 4) is 0 Å². The summed E-state index contributed by atoms with van der Waals surface area (Å²) in [6, 6.07) is 2.80. The number of phosphoric acid groups is 3. The third-order valence-corrected chi connectivity index (χ3v) is 21.4. The highest BCUT2D eigenvalue weighted by Crippen LogP contribution is 2.54. The van der Waals surface area contributed by atoms with Gasteiger partial charge >= 0.3 is 34.8 Å². The van der Waals surface area contributed by atoms with E-state index < -0.39 is 146 Å². The molecule has 0 aliphatic carbocycles. The molecule has 10 heterocycles. The van der Waals surface area contributed by atoms with Gasteiger partial charge in [0.15, 0.2) is 22.3 Å². The number of imidazole rings is 2. The Hall–Kier alpha value is -5.59. The number of nitrogens with one attached hydrogen (secondary N) is 2. The minimum Gasteiger partial charge on any atom is -0.394 e. The number of nitrogen functional groups attached to an aromatic ring is 4. The van der Waals surface area contributed by atoms with E-state index in [4.69, 9.17) is 73.5 Å². The second-order valence-electron chi connectivity index (χ2n) is 22.1. The molecule has 0 amide bonds. The molecular weight excluding hydrogens is 1350 g/mol. The molecule has 4 saturated heterocycles. The topological polar surface area (TPSA) is 555 Å². The molecule has 4 aliphatic heterocycles. The van der Waals surface area contributed by atoms with Crippen molar-refractivity contribution in [1.82, 2.24) is 58.1 Å². The van der Waals surface area contributed by atoms with Gasteiger partial charge in [0.1, 0.15) is 73.2 Å². The average Bonchev–Trinajstić information content (AvgIpc) is 1.65. The monoisotopic (exact) mass is 1420 g/mol. The van der Waals surface area contributed by atoms with Crippen LogP contribution in [0.5, 0.6) is 0 Å². The van der Waals surface area contributed by atoms with E-state index in [1.807, 2.05) is 0 Å². The number of aliphatic hydroxyl groups is 3. The smallest absolute Gasteiger partial charge is 0.394 e. The molecular formula is C50H73N16O23P3S2. The minimum absolute atomic E-state index is 0.00371. The maximum absolute atomic E-state index is 14.3. The quantitative estimate of drug-likeness (QED) is 0.0153. The van der Waals surface area contributed by atoms with Crippen LogP contribution in [-0.2, 0) is 64.3 Å². The highest BCUT2D eigenvalue weighted by molar-refractivity contribution is 8.76. The predicted molar refractivity (Wildman–Crippen MR) is 333 cm³/mol. The Morgan fingerprint density at radius 3 is 1.50 bits per heavy atom. The SMILES string of the molecule is Nc1ccn([C@H]2C[C@H](OP(=O)(OCCCCCCSSCCCCCCOP(=O)(O)OC[C@H]3O[C@@H](n4cnc5c(=O)[nH]c(N)nc54)C[C@@H]3OP(=O)(O)OC[C@H]3O[C@@H](n4cnc5c(=O)[nH]c(N)nc54)C[C@@H]3O)OC[C@H]3O[C@@H](n4ccc(N)nc4=O)C[C@@H]3O)[C@@H](CO)O2)c(=O)n1. The van der Waals surface area contributed by atoms with E-state index in [1.54, 1.807) is 21.6 Å². The molecule has 0 spiro atoms. The molecule has 4 fully saturated rings. The van der Waals surface area contributed by atoms with Crippen LogP contribution in [0, 0.1) is 0 Å². The number of aromatic amines is 2. The van der Waals surface area contributed by atoms with Gasteiger partial charge in [0.2, 0.25) is 11.9 Å². The molecule has 0 saturated carbocycles. The number of rotatable bonds is 35. The lowest BCUT2D eigenvalue weighted by molar-refractivity contribution is -0.0601. The fourth-order valence-electron chi connectivity index (χ4n) is 10.7. The Labute approximate surface area is 540 Å². The standard InChI is InChI=1S/C50H73N16O23P3S2/c51-35-9-11-63(49(72)57-35)37-17-27(68)33(85-37)23-83-92(78,89-29-19-39(84-31(29)21-67)64-12-10-36(52)58-50(64)73)80-14-6-2-4-8-16-94-93-15-7-3-1-5-13-79-90(74,75)81-24-34-30(20-40(87-34)66-26-56-42-44(66)60-48(54)62-46(42)71)88-91(76,77)82-22-32-28(69)18-38(86-32)65-25-55-41-43(65)59-47(53)61-45(41)70/h9-12,25-34,37-40,67-69H,1-8,13-24H2,(H,74,75)(H,76,77)(H2,51,57,72)(H2,52,58,73)(H3,53,59,61,70)(H3,54,60,62,71)/t27-,28-,29-,30-,31+,32+,33+,34+,37+,38+,39+,40+,92?/m0/s1. The van der Waals surface area contributed by atoms with Gasteiger partial charge in [0.05, 0.1) is 64.5 Å². The number of nitrogens with two attached hydrogens (primary N) is 4. The summed E-state index contributed by atoms with van der Waals surface area (Å²) in [5.41, 5.74) is 20.1. The Bertz CT molecular complexity index is 3960. The average molecular weight is 1420 g/mol. The number of ether oxygens (including phenoxy) is 4. The second kappa shape index (κ2) is 31.7. The van der Waals surface area contributed by atoms with Gasteiger partial charge in [-0.05, 0) is 37.8 Å². The zero-order valence-electron chi connectivity index (χ0n) is 50.1. The first-order chi connectivity index (χ1) is 44.9. The number of anilines is 4. The number of hydrogen-bond donors (Lipinski definition) is 11. The van der Waals surface area contributed by atoms with Crippen LogP contribution in [0.1, 0.15) is 102 Å². The van der Waals surface area contributed by atoms with Gasteiger partial charge in [-0.1, -0.05) is 47.3 Å². The van der Waals surface area contributed by atoms with Gasteiger partial charge in [-0.15, -0.1) is 0 Å². The van der Waals surface area contributed by atoms with E-state index in [2.05, 4.69) is 39.9 Å². The first-order valence-electron chi connectivity index (χ1n) is 29.8. The number of aliphatic hydroxyl groups excluding tert-OH is 3. The van der Waals surface area contributed by atoms with Crippen molar-refractivity contribution in [3.63, 3.8) is 0 Å². The van der Waals surface area contributed by atoms with E-state index in [0.29, 0.717) is 25.7 Å². The number of nitrogens with zero attached hydrogens (tertiary/aromatic N) is 10. The van der Waals surface area contributed by atoms with Crippen LogP contribution >= 0.6 is 45.1 Å². The zero-order chi connectivity index (χ0) is 66.9. The molecule has 94 heavy (non-hydrogen) atoms. The molecule has 0 bridgehead atoms. The molecule has 518 valence electrons. The van der Waals surface area contributed by atoms with Crippen molar-refractivity contribution in [2.45, 2.75) is 151 Å². The lowest BCUT2D eigenvalue weighted by Gasteiger charge is -2.25. The van der Waals surface area contributed by atoms with Crippen molar-refractivity contribution in [3.05, 3.63) is 78.9 Å². The molecule has 3 unspecified atom stereocenters. The van der Waals surface area contributed by atoms with Gasteiger partial charge in [0.25, 0.3) is 11.1 Å². The molecule has 15 atom stereocenters. The van der Waals surface area contributed by atoms with E-state index >= 15 is 0 Å². The second-order valence-corrected chi connectivity index (χ2v) is 29.3. The molecule has 44 heteroatoms. The van der Waals surface area contributed by atoms with Crippen molar-refractivity contribution in [2.24, 2.45) is 0 Å². The molecule has 0 aromatic carbocycles. The van der Waals surface area contributed by atoms with Gasteiger partial charge in [0, 0.05) is 49.6 Å². The van der Waals surface area contributed by atoms with E-state index in [9.17, 15) is 58.0 Å². The van der Waals surface area contributed by atoms with Crippen molar-refractivity contribution in [1.29, 1.82) is 0 Å². The molecule has 6 aromatic rings. The molecule has 0 radical (unpaired) electrons. The summed E-state index contributed by atoms with van der Waals surface area (Å²) < 4.78 is 109. The number of fused-ring (bicyclic) bond motifs is 2. The summed E-state index contributed by atoms with van der Waals surface area (Å²) in [6.45, 7) is -2.56. The summed E-state index contributed by atoms with van der Waals surface area (Å²) in [4.78, 5) is 100. The van der Waals surface area contributed by atoms with Crippen molar-refractivity contribution < 1.29 is 89.4 Å². The summed E-state index contributed by atoms with van der Waals surface area (Å²) in [5, 5.41) is 31.9. The van der Waals surface area contributed by atoms with Crippen molar-refractivity contribution in [2.75, 3.05) is 74.1 Å². The summed E-state index contributed by atoms with van der Waals surface area (Å²) in [6.07, 6.45) is -2.78. The molecule has 4 aliphatic rings. The fourth-order valence-corrected chi connectivity index (χ4v) is 16.1. The number of aromatic nitrogens is 12. The number of unbranched alkanes of at least 4 members (excludes halogenated alkanes) is 6. The Kier molecular flexibility index (Phi) is 24.0. The van der Waals surface area contributed by atoms with Crippen molar-refractivity contribution >= 4 is 90.9 Å². The third-order valence-electron chi connectivity index (χ3n) is 15.4. The molecule has 15 N–H and O–H groups in total. The predicted octanol–water partition coefficient (Wildman–Crippen LogP) is 1.62. The highest BCUT2D eigenvalue weighted by Gasteiger charge is 2.47. The molecule has 10 rings (SSSR count). The number of hydrogen-bond acceptors (Lipinski definition) is 33. The normalized spacial score (nSPS) is 26.7.